The van der Waals surface area contributed by atoms with E-state index in [-0.39, 0.29) is 6.42 Å². The molecule has 0 amide bonds. The number of hydrogen-bond donors (Lipinski definition) is 1. The molecule has 0 bridgehead atoms. The molecule has 0 aliphatic rings. The Morgan fingerprint density at radius 3 is 2.53 bits per heavy atom. The lowest BCUT2D eigenvalue weighted by Gasteiger charge is -2.05. The van der Waals surface area contributed by atoms with Crippen molar-refractivity contribution < 1.29 is 31.1 Å². The molecule has 6 nitrogen and oxygen atoms in total. The fourth-order valence-corrected chi connectivity index (χ4v) is 1.95. The van der Waals surface area contributed by atoms with Gasteiger partial charge in [-0.1, -0.05) is 0 Å². The van der Waals surface area contributed by atoms with Crippen LogP contribution in [0, 0.1) is 0 Å². The average molecular weight is 304 g/mol. The van der Waals surface area contributed by atoms with E-state index in [4.69, 9.17) is 5.73 Å². The molecule has 0 aromatic heterocycles. The van der Waals surface area contributed by atoms with Crippen molar-refractivity contribution in [2.45, 2.75) is 31.5 Å². The third-order valence-electron chi connectivity index (χ3n) is 1.96. The van der Waals surface area contributed by atoms with Crippen molar-refractivity contribution in [3.63, 3.8) is 0 Å². The van der Waals surface area contributed by atoms with Gasteiger partial charge in [0.25, 0.3) is 10.0 Å². The van der Waals surface area contributed by atoms with E-state index in [1.54, 1.807) is 0 Å². The van der Waals surface area contributed by atoms with Gasteiger partial charge in [-0.2, -0.15) is 17.6 Å². The molecule has 0 saturated heterocycles. The number of carbonyl (C=O) groups is 1. The molecule has 0 unspecified atom stereocenters. The lowest BCUT2D eigenvalue weighted by molar-refractivity contribution is -0.142. The van der Waals surface area contributed by atoms with E-state index >= 15 is 0 Å². The van der Waals surface area contributed by atoms with Gasteiger partial charge in [-0.25, -0.2) is 8.42 Å². The minimum Gasteiger partial charge on any atom is -0.468 e. The van der Waals surface area contributed by atoms with E-state index in [9.17, 15) is 26.4 Å². The Hall–Kier alpha value is -1.16. The van der Waals surface area contributed by atoms with E-state index in [2.05, 4.69) is 9.13 Å². The highest BCUT2D eigenvalue weighted by atomic mass is 32.2. The number of methoxy groups -OCH3 is 1. The summed E-state index contributed by atoms with van der Waals surface area (Å²) in [6.07, 6.45) is -5.45. The lowest BCUT2D eigenvalue weighted by atomic mass is 10.2. The predicted octanol–water partition coefficient (Wildman–Crippen LogP) is 0.620. The smallest absolute Gasteiger partial charge is 0.389 e. The molecule has 1 atom stereocenters. The largest absolute Gasteiger partial charge is 0.468 e. The number of halogens is 3. The molecule has 0 heterocycles. The van der Waals surface area contributed by atoms with Crippen LogP contribution in [-0.2, 0) is 19.6 Å². The Balaban J connectivity index is 4.19. The molecule has 0 fully saturated rings. The SMILES string of the molecule is COC(=O)[C@@H](N)C/C=N/S(=O)(=O)CCCC(F)(F)F. The van der Waals surface area contributed by atoms with E-state index in [1.807, 2.05) is 0 Å². The maximum atomic E-state index is 11.8. The zero-order valence-corrected chi connectivity index (χ0v) is 11.0. The van der Waals surface area contributed by atoms with Crippen molar-refractivity contribution in [3.8, 4) is 0 Å². The summed E-state index contributed by atoms with van der Waals surface area (Å²) < 4.78 is 65.3. The van der Waals surface area contributed by atoms with Gasteiger partial charge < -0.3 is 10.5 Å². The maximum absolute atomic E-state index is 11.8. The highest BCUT2D eigenvalue weighted by Crippen LogP contribution is 2.21. The van der Waals surface area contributed by atoms with Crippen molar-refractivity contribution in [3.05, 3.63) is 0 Å². The Labute approximate surface area is 108 Å². The van der Waals surface area contributed by atoms with E-state index in [1.165, 1.54) is 0 Å². The number of alkyl halides is 3. The minimum atomic E-state index is -4.40. The summed E-state index contributed by atoms with van der Waals surface area (Å²) in [7, 11) is -2.85. The number of nitrogens with two attached hydrogens (primary N) is 1. The zero-order chi connectivity index (χ0) is 15.1. The van der Waals surface area contributed by atoms with E-state index < -0.39 is 46.8 Å². The summed E-state index contributed by atoms with van der Waals surface area (Å²) in [6.45, 7) is 0. The summed E-state index contributed by atoms with van der Waals surface area (Å²) in [5.74, 6) is -1.45. The average Bonchev–Trinajstić information content (AvgIpc) is 2.25. The molecule has 0 aromatic carbocycles. The molecule has 112 valence electrons. The van der Waals surface area contributed by atoms with Crippen molar-refractivity contribution in [1.82, 2.24) is 0 Å². The molecule has 0 radical (unpaired) electrons. The van der Waals surface area contributed by atoms with Crippen LogP contribution >= 0.6 is 0 Å². The third kappa shape index (κ3) is 9.42. The second-order valence-electron chi connectivity index (χ2n) is 3.66. The second-order valence-corrected chi connectivity index (χ2v) is 5.44. The van der Waals surface area contributed by atoms with Gasteiger partial charge in [0, 0.05) is 19.1 Å². The summed E-state index contributed by atoms with van der Waals surface area (Å²) in [5.41, 5.74) is 5.30. The Morgan fingerprint density at radius 1 is 1.47 bits per heavy atom. The van der Waals surface area contributed by atoms with Crippen LogP contribution in [0.3, 0.4) is 0 Å². The Bertz CT molecular complexity index is 420. The fraction of sp³-hybridized carbons (Fsp3) is 0.778. The number of sulfonamides is 1. The molecule has 0 rings (SSSR count). The first kappa shape index (κ1) is 17.8. The van der Waals surface area contributed by atoms with Gasteiger partial charge in [-0.05, 0) is 6.42 Å². The summed E-state index contributed by atoms with van der Waals surface area (Å²) >= 11 is 0. The second kappa shape index (κ2) is 7.43. The maximum Gasteiger partial charge on any atom is 0.389 e. The van der Waals surface area contributed by atoms with Gasteiger partial charge in [0.15, 0.2) is 0 Å². The lowest BCUT2D eigenvalue weighted by Crippen LogP contribution is -2.31. The molecule has 0 aliphatic carbocycles. The van der Waals surface area contributed by atoms with Crippen LogP contribution in [0.1, 0.15) is 19.3 Å². The normalized spacial score (nSPS) is 14.6. The van der Waals surface area contributed by atoms with Gasteiger partial charge in [0.05, 0.1) is 12.9 Å². The fourth-order valence-electron chi connectivity index (χ4n) is 1.03. The van der Waals surface area contributed by atoms with E-state index in [0.717, 1.165) is 13.3 Å². The third-order valence-corrected chi connectivity index (χ3v) is 3.24. The van der Waals surface area contributed by atoms with Crippen LogP contribution in [0.15, 0.2) is 4.40 Å². The molecule has 10 heteroatoms. The summed E-state index contributed by atoms with van der Waals surface area (Å²) in [6, 6.07) is -1.06. The van der Waals surface area contributed by atoms with Crippen molar-refractivity contribution in [1.29, 1.82) is 0 Å². The monoisotopic (exact) mass is 304 g/mol. The van der Waals surface area contributed by atoms with E-state index in [0.29, 0.717) is 0 Å². The van der Waals surface area contributed by atoms with Crippen LogP contribution in [0.2, 0.25) is 0 Å². The topological polar surface area (TPSA) is 98.8 Å². The van der Waals surface area contributed by atoms with Gasteiger partial charge in [-0.15, -0.1) is 0 Å². The minimum absolute atomic E-state index is 0.175. The van der Waals surface area contributed by atoms with Crippen LogP contribution in [-0.4, -0.2) is 45.7 Å². The van der Waals surface area contributed by atoms with Crippen LogP contribution in [0.5, 0.6) is 0 Å². The zero-order valence-electron chi connectivity index (χ0n) is 10.2. The summed E-state index contributed by atoms with van der Waals surface area (Å²) in [5, 5.41) is 0. The predicted molar refractivity (Wildman–Crippen MR) is 62.2 cm³/mol. The molecule has 0 spiro atoms. The quantitative estimate of drug-likeness (QED) is 0.549. The molecule has 19 heavy (non-hydrogen) atoms. The number of rotatable bonds is 7. The van der Waals surface area contributed by atoms with Gasteiger partial charge in [0.2, 0.25) is 0 Å². The van der Waals surface area contributed by atoms with Gasteiger partial charge in [0.1, 0.15) is 6.04 Å². The number of ether oxygens (including phenoxy) is 1. The van der Waals surface area contributed by atoms with Crippen molar-refractivity contribution >= 4 is 22.2 Å². The Morgan fingerprint density at radius 2 is 2.05 bits per heavy atom. The Kier molecular flexibility index (Phi) is 6.98. The molecular formula is C9H15F3N2O4S. The van der Waals surface area contributed by atoms with Gasteiger partial charge >= 0.3 is 12.1 Å². The van der Waals surface area contributed by atoms with Crippen molar-refractivity contribution in [2.75, 3.05) is 12.9 Å². The van der Waals surface area contributed by atoms with Crippen molar-refractivity contribution in [2.24, 2.45) is 10.1 Å². The van der Waals surface area contributed by atoms with Crippen LogP contribution < -0.4 is 5.73 Å². The first-order valence-electron chi connectivity index (χ1n) is 5.24. The molecule has 2 N–H and O–H groups in total. The molecular weight excluding hydrogens is 289 g/mol. The first-order chi connectivity index (χ1) is 8.57. The van der Waals surface area contributed by atoms with Gasteiger partial charge in [-0.3, -0.25) is 4.79 Å². The summed E-state index contributed by atoms with van der Waals surface area (Å²) in [4.78, 5) is 10.9. The highest BCUT2D eigenvalue weighted by Gasteiger charge is 2.27. The first-order valence-corrected chi connectivity index (χ1v) is 6.85. The molecule has 0 saturated carbocycles. The van der Waals surface area contributed by atoms with Crippen LogP contribution in [0.25, 0.3) is 0 Å². The number of nitrogens with zero attached hydrogens (tertiary/aromatic N) is 1. The molecule has 0 aromatic rings. The highest BCUT2D eigenvalue weighted by molar-refractivity contribution is 7.90. The number of esters is 1. The number of hydrogen-bond acceptors (Lipinski definition) is 5. The van der Waals surface area contributed by atoms with Crippen LogP contribution in [0.4, 0.5) is 13.2 Å². The standard InChI is InChI=1S/C9H15F3N2O4S/c1-18-8(15)7(13)3-5-14-19(16,17)6-2-4-9(10,11)12/h5,7H,2-4,6,13H2,1H3/b14-5+/t7-/m0/s1. The molecule has 0 aliphatic heterocycles. The number of carbonyl (C=O) groups excluding carboxylic acids is 1.